The summed E-state index contributed by atoms with van der Waals surface area (Å²) in [5.74, 6) is 4.62. The Balaban J connectivity index is 1.99. The maximum atomic E-state index is 5.31. The quantitative estimate of drug-likeness (QED) is 0.899. The van der Waals surface area contributed by atoms with Gasteiger partial charge in [-0.3, -0.25) is 0 Å². The minimum absolute atomic E-state index is 0.295. The number of ether oxygens (including phenoxy) is 2. The lowest BCUT2D eigenvalue weighted by Gasteiger charge is -2.20. The van der Waals surface area contributed by atoms with E-state index in [1.807, 2.05) is 23.9 Å². The Labute approximate surface area is 116 Å². The van der Waals surface area contributed by atoms with Crippen molar-refractivity contribution in [2.75, 3.05) is 32.3 Å². The Bertz CT molecular complexity index is 538. The molecule has 2 N–H and O–H groups in total. The van der Waals surface area contributed by atoms with Crippen molar-refractivity contribution in [3.05, 3.63) is 18.0 Å². The number of nitrogens with zero attached hydrogens (tertiary/aromatic N) is 1. The lowest BCUT2D eigenvalue weighted by atomic mass is 10.3. The summed E-state index contributed by atoms with van der Waals surface area (Å²) in [5, 5.41) is 3.48. The van der Waals surface area contributed by atoms with E-state index in [9.17, 15) is 0 Å². The fourth-order valence-electron chi connectivity index (χ4n) is 2.26. The summed E-state index contributed by atoms with van der Waals surface area (Å²) in [7, 11) is 3.27. The molecule has 1 aromatic carbocycles. The molecule has 0 bridgehead atoms. The number of thioether (sulfide) groups is 1. The Kier molecular flexibility index (Phi) is 3.52. The lowest BCUT2D eigenvalue weighted by molar-refractivity contribution is 0.356. The van der Waals surface area contributed by atoms with Gasteiger partial charge in [-0.1, -0.05) is 0 Å². The van der Waals surface area contributed by atoms with E-state index in [0.29, 0.717) is 11.8 Å². The average molecular weight is 279 g/mol. The zero-order valence-electron chi connectivity index (χ0n) is 11.0. The highest BCUT2D eigenvalue weighted by Crippen LogP contribution is 2.32. The fourth-order valence-corrected chi connectivity index (χ4v) is 3.20. The summed E-state index contributed by atoms with van der Waals surface area (Å²) in [6, 6.07) is 4.13. The first kappa shape index (κ1) is 12.6. The number of hydrogen-bond donors (Lipinski definition) is 2. The summed E-state index contributed by atoms with van der Waals surface area (Å²) in [6.45, 7) is 1.03. The minimum Gasteiger partial charge on any atom is -0.493 e. The molecular weight excluding hydrogens is 262 g/mol. The van der Waals surface area contributed by atoms with E-state index >= 15 is 0 Å². The Morgan fingerprint density at radius 2 is 2.05 bits per heavy atom. The number of hydrogen-bond acceptors (Lipinski definition) is 5. The molecule has 5 nitrogen and oxygen atoms in total. The number of imidazole rings is 1. The van der Waals surface area contributed by atoms with Crippen LogP contribution in [0.25, 0.3) is 11.0 Å². The normalized spacial score (nSPS) is 19.6. The van der Waals surface area contributed by atoms with Crippen LogP contribution in [-0.2, 0) is 0 Å². The van der Waals surface area contributed by atoms with Crippen molar-refractivity contribution >= 4 is 22.8 Å². The van der Waals surface area contributed by atoms with Crippen LogP contribution >= 0.6 is 11.8 Å². The van der Waals surface area contributed by atoms with Crippen molar-refractivity contribution in [1.29, 1.82) is 0 Å². The molecule has 2 aromatic rings. The summed E-state index contributed by atoms with van der Waals surface area (Å²) in [4.78, 5) is 8.02. The second-order valence-corrected chi connectivity index (χ2v) is 5.58. The minimum atomic E-state index is 0.295. The smallest absolute Gasteiger partial charge is 0.163 e. The highest BCUT2D eigenvalue weighted by atomic mass is 32.2. The predicted octanol–water partition coefficient (Wildman–Crippen LogP) is 1.96. The van der Waals surface area contributed by atoms with Gasteiger partial charge in [0, 0.05) is 30.2 Å². The van der Waals surface area contributed by atoms with Crippen LogP contribution in [0.4, 0.5) is 0 Å². The fraction of sp³-hybridized carbons (Fsp3) is 0.462. The van der Waals surface area contributed by atoms with Crippen LogP contribution in [0.5, 0.6) is 11.5 Å². The first-order valence-electron chi connectivity index (χ1n) is 6.24. The molecule has 102 valence electrons. The standard InChI is InChI=1S/C13H17N3O2S/c1-17-11-5-8-9(6-12(11)18-2)16-13(15-8)10-7-19-4-3-14-10/h5-6,10,14H,3-4,7H2,1-2H3,(H,15,16). The van der Waals surface area contributed by atoms with Crippen LogP contribution in [0.1, 0.15) is 11.9 Å². The van der Waals surface area contributed by atoms with Gasteiger partial charge in [-0.25, -0.2) is 4.98 Å². The van der Waals surface area contributed by atoms with Crippen LogP contribution < -0.4 is 14.8 Å². The number of benzene rings is 1. The van der Waals surface area contributed by atoms with Crippen molar-refractivity contribution in [1.82, 2.24) is 15.3 Å². The number of methoxy groups -OCH3 is 2. The average Bonchev–Trinajstić information content (AvgIpc) is 2.89. The molecular formula is C13H17N3O2S. The number of nitrogens with one attached hydrogen (secondary N) is 2. The predicted molar refractivity (Wildman–Crippen MR) is 77.3 cm³/mol. The van der Waals surface area contributed by atoms with Crippen LogP contribution in [0.2, 0.25) is 0 Å². The van der Waals surface area contributed by atoms with Crippen molar-refractivity contribution in [3.63, 3.8) is 0 Å². The Morgan fingerprint density at radius 3 is 2.74 bits per heavy atom. The molecule has 2 heterocycles. The van der Waals surface area contributed by atoms with Gasteiger partial charge in [0.15, 0.2) is 11.5 Å². The van der Waals surface area contributed by atoms with Gasteiger partial charge in [0.1, 0.15) is 5.82 Å². The summed E-state index contributed by atoms with van der Waals surface area (Å²) >= 11 is 1.95. The molecule has 3 rings (SSSR count). The van der Waals surface area contributed by atoms with E-state index in [1.165, 1.54) is 5.75 Å². The molecule has 0 saturated carbocycles. The monoisotopic (exact) mass is 279 g/mol. The van der Waals surface area contributed by atoms with Gasteiger partial charge >= 0.3 is 0 Å². The third-order valence-corrected chi connectivity index (χ3v) is 4.32. The third-order valence-electron chi connectivity index (χ3n) is 3.26. The largest absolute Gasteiger partial charge is 0.493 e. The van der Waals surface area contributed by atoms with Gasteiger partial charge in [-0.05, 0) is 0 Å². The van der Waals surface area contributed by atoms with Gasteiger partial charge in [0.2, 0.25) is 0 Å². The molecule has 19 heavy (non-hydrogen) atoms. The highest BCUT2D eigenvalue weighted by Gasteiger charge is 2.19. The molecule has 1 aliphatic heterocycles. The van der Waals surface area contributed by atoms with Crippen LogP contribution in [0, 0.1) is 0 Å². The zero-order valence-corrected chi connectivity index (χ0v) is 11.8. The maximum absolute atomic E-state index is 5.31. The first-order valence-corrected chi connectivity index (χ1v) is 7.40. The molecule has 1 aromatic heterocycles. The number of H-pyrrole nitrogens is 1. The molecule has 0 aliphatic carbocycles. The zero-order chi connectivity index (χ0) is 13.2. The van der Waals surface area contributed by atoms with Gasteiger partial charge in [0.05, 0.1) is 31.3 Å². The molecule has 1 fully saturated rings. The van der Waals surface area contributed by atoms with Crippen molar-refractivity contribution in [3.8, 4) is 11.5 Å². The van der Waals surface area contributed by atoms with Gasteiger partial charge in [0.25, 0.3) is 0 Å². The van der Waals surface area contributed by atoms with Crippen molar-refractivity contribution in [2.45, 2.75) is 6.04 Å². The summed E-state index contributed by atoms with van der Waals surface area (Å²) in [6.07, 6.45) is 0. The number of aromatic amines is 1. The van der Waals surface area contributed by atoms with E-state index < -0.39 is 0 Å². The van der Waals surface area contributed by atoms with Gasteiger partial charge in [-0.2, -0.15) is 11.8 Å². The third kappa shape index (κ3) is 2.37. The molecule has 0 radical (unpaired) electrons. The molecule has 1 atom stereocenters. The van der Waals surface area contributed by atoms with Crippen molar-refractivity contribution < 1.29 is 9.47 Å². The maximum Gasteiger partial charge on any atom is 0.163 e. The lowest BCUT2D eigenvalue weighted by Crippen LogP contribution is -2.30. The molecule has 1 aliphatic rings. The van der Waals surface area contributed by atoms with Crippen LogP contribution in [-0.4, -0.2) is 42.2 Å². The Morgan fingerprint density at radius 1 is 1.26 bits per heavy atom. The summed E-state index contributed by atoms with van der Waals surface area (Å²) < 4.78 is 10.6. The Hall–Kier alpha value is -1.40. The summed E-state index contributed by atoms with van der Waals surface area (Å²) in [5.41, 5.74) is 1.88. The van der Waals surface area contributed by atoms with Crippen molar-refractivity contribution in [2.24, 2.45) is 0 Å². The van der Waals surface area contributed by atoms with Crippen LogP contribution in [0.15, 0.2) is 12.1 Å². The second kappa shape index (κ2) is 5.30. The number of rotatable bonds is 3. The first-order chi connectivity index (χ1) is 9.31. The van der Waals surface area contributed by atoms with E-state index in [2.05, 4.69) is 15.3 Å². The van der Waals surface area contributed by atoms with Gasteiger partial charge in [-0.15, -0.1) is 0 Å². The van der Waals surface area contributed by atoms with Crippen LogP contribution in [0.3, 0.4) is 0 Å². The highest BCUT2D eigenvalue weighted by molar-refractivity contribution is 7.99. The molecule has 0 spiro atoms. The molecule has 6 heteroatoms. The molecule has 1 saturated heterocycles. The SMILES string of the molecule is COc1cc2nc(C3CSCCN3)[nH]c2cc1OC. The van der Waals surface area contributed by atoms with E-state index in [4.69, 9.17) is 9.47 Å². The number of aromatic nitrogens is 2. The van der Waals surface area contributed by atoms with E-state index in [0.717, 1.165) is 34.9 Å². The van der Waals surface area contributed by atoms with Gasteiger partial charge < -0.3 is 19.8 Å². The second-order valence-electron chi connectivity index (χ2n) is 4.43. The molecule has 1 unspecified atom stereocenters. The van der Waals surface area contributed by atoms with E-state index in [-0.39, 0.29) is 0 Å². The van der Waals surface area contributed by atoms with E-state index in [1.54, 1.807) is 14.2 Å². The molecule has 0 amide bonds. The topological polar surface area (TPSA) is 59.2 Å². The number of fused-ring (bicyclic) bond motifs is 1.